The van der Waals surface area contributed by atoms with Crippen LogP contribution in [0, 0.1) is 11.3 Å². The van der Waals surface area contributed by atoms with Crippen LogP contribution >= 0.6 is 0 Å². The van der Waals surface area contributed by atoms with Crippen molar-refractivity contribution in [1.82, 2.24) is 24.3 Å². The van der Waals surface area contributed by atoms with E-state index in [9.17, 15) is 10.1 Å². The third-order valence-corrected chi connectivity index (χ3v) is 5.00. The molecule has 0 saturated heterocycles. The lowest BCUT2D eigenvalue weighted by Crippen LogP contribution is -2.26. The molecule has 0 bridgehead atoms. The molecule has 1 N–H and O–H groups in total. The van der Waals surface area contributed by atoms with Crippen LogP contribution in [0.5, 0.6) is 0 Å². The standard InChI is InChI=1S/C19H21N7O2/c1-28-7-6-25-12-15(11-22-25)23-19-21-10-14-8-13(9-20)18(27)26(17(14)24-19)16-4-2-3-5-16/h8,10-12,16H,2-7H2,1H3,(H,21,23,24). The quantitative estimate of drug-likeness (QED) is 0.700. The number of methoxy groups -OCH3 is 1. The second-order valence-electron chi connectivity index (χ2n) is 6.87. The van der Waals surface area contributed by atoms with Crippen LogP contribution < -0.4 is 10.9 Å². The van der Waals surface area contributed by atoms with Gasteiger partial charge in [0.2, 0.25) is 5.95 Å². The second-order valence-corrected chi connectivity index (χ2v) is 6.87. The van der Waals surface area contributed by atoms with E-state index >= 15 is 0 Å². The van der Waals surface area contributed by atoms with Crippen LogP contribution in [0.25, 0.3) is 11.0 Å². The molecule has 1 fully saturated rings. The van der Waals surface area contributed by atoms with Crippen LogP contribution in [0.2, 0.25) is 0 Å². The van der Waals surface area contributed by atoms with E-state index in [-0.39, 0.29) is 17.2 Å². The molecule has 0 aliphatic heterocycles. The summed E-state index contributed by atoms with van der Waals surface area (Å²) < 4.78 is 8.49. The first-order valence-corrected chi connectivity index (χ1v) is 9.30. The van der Waals surface area contributed by atoms with Gasteiger partial charge in [-0.2, -0.15) is 15.3 Å². The first kappa shape index (κ1) is 18.1. The van der Waals surface area contributed by atoms with Crippen LogP contribution in [-0.2, 0) is 11.3 Å². The number of ether oxygens (including phenoxy) is 1. The van der Waals surface area contributed by atoms with Gasteiger partial charge >= 0.3 is 0 Å². The van der Waals surface area contributed by atoms with E-state index in [0.717, 1.165) is 31.4 Å². The number of pyridine rings is 1. The summed E-state index contributed by atoms with van der Waals surface area (Å²) in [5, 5.41) is 17.4. The van der Waals surface area contributed by atoms with Crippen molar-refractivity contribution < 1.29 is 4.74 Å². The van der Waals surface area contributed by atoms with Gasteiger partial charge < -0.3 is 10.1 Å². The van der Waals surface area contributed by atoms with E-state index in [1.54, 1.807) is 34.8 Å². The first-order chi connectivity index (χ1) is 13.7. The van der Waals surface area contributed by atoms with Crippen LogP contribution in [0.1, 0.15) is 37.3 Å². The predicted molar refractivity (Wildman–Crippen MR) is 103 cm³/mol. The summed E-state index contributed by atoms with van der Waals surface area (Å²) in [5.74, 6) is 0.384. The Morgan fingerprint density at radius 3 is 2.93 bits per heavy atom. The minimum Gasteiger partial charge on any atom is -0.383 e. The van der Waals surface area contributed by atoms with E-state index in [4.69, 9.17) is 4.74 Å². The molecule has 28 heavy (non-hydrogen) atoms. The maximum Gasteiger partial charge on any atom is 0.270 e. The van der Waals surface area contributed by atoms with E-state index in [0.29, 0.717) is 30.1 Å². The molecule has 1 saturated carbocycles. The predicted octanol–water partition coefficient (Wildman–Crippen LogP) is 2.36. The number of rotatable bonds is 6. The molecule has 1 aliphatic rings. The van der Waals surface area contributed by atoms with Gasteiger partial charge in [0.25, 0.3) is 5.56 Å². The van der Waals surface area contributed by atoms with Crippen molar-refractivity contribution in [1.29, 1.82) is 5.26 Å². The summed E-state index contributed by atoms with van der Waals surface area (Å²) in [6.07, 6.45) is 9.16. The molecule has 0 unspecified atom stereocenters. The number of aromatic nitrogens is 5. The molecule has 1 aliphatic carbocycles. The van der Waals surface area contributed by atoms with E-state index in [1.165, 1.54) is 0 Å². The van der Waals surface area contributed by atoms with E-state index in [1.807, 2.05) is 12.3 Å². The molecule has 3 heterocycles. The average molecular weight is 379 g/mol. The number of nitrogens with zero attached hydrogens (tertiary/aromatic N) is 6. The van der Waals surface area contributed by atoms with Gasteiger partial charge in [0.05, 0.1) is 25.0 Å². The van der Waals surface area contributed by atoms with Crippen LogP contribution in [0.15, 0.2) is 29.5 Å². The molecule has 0 spiro atoms. The second kappa shape index (κ2) is 7.78. The van der Waals surface area contributed by atoms with Crippen molar-refractivity contribution in [2.24, 2.45) is 0 Å². The minimum atomic E-state index is -0.279. The Balaban J connectivity index is 1.71. The topological polar surface area (TPSA) is 111 Å². The highest BCUT2D eigenvalue weighted by atomic mass is 16.5. The zero-order valence-corrected chi connectivity index (χ0v) is 15.6. The summed E-state index contributed by atoms with van der Waals surface area (Å²) >= 11 is 0. The summed E-state index contributed by atoms with van der Waals surface area (Å²) in [6.45, 7) is 1.22. The zero-order valence-electron chi connectivity index (χ0n) is 15.6. The van der Waals surface area contributed by atoms with Crippen molar-refractivity contribution in [2.75, 3.05) is 19.0 Å². The Morgan fingerprint density at radius 2 is 2.18 bits per heavy atom. The number of hydrogen-bond donors (Lipinski definition) is 1. The van der Waals surface area contributed by atoms with Crippen molar-refractivity contribution in [2.45, 2.75) is 38.3 Å². The highest BCUT2D eigenvalue weighted by Gasteiger charge is 2.22. The van der Waals surface area contributed by atoms with E-state index in [2.05, 4.69) is 20.4 Å². The molecular formula is C19H21N7O2. The lowest BCUT2D eigenvalue weighted by Gasteiger charge is -2.16. The van der Waals surface area contributed by atoms with Gasteiger partial charge in [0, 0.05) is 30.9 Å². The Kier molecular flexibility index (Phi) is 5.04. The molecule has 9 nitrogen and oxygen atoms in total. The summed E-state index contributed by atoms with van der Waals surface area (Å²) in [4.78, 5) is 21.7. The Hall–Kier alpha value is -3.25. The van der Waals surface area contributed by atoms with Gasteiger partial charge in [0.1, 0.15) is 17.3 Å². The summed E-state index contributed by atoms with van der Waals surface area (Å²) in [7, 11) is 1.65. The molecule has 4 rings (SSSR count). The zero-order chi connectivity index (χ0) is 19.5. The number of nitrogens with one attached hydrogen (secondary N) is 1. The molecule has 0 aromatic carbocycles. The van der Waals surface area contributed by atoms with Gasteiger partial charge in [-0.15, -0.1) is 0 Å². The number of anilines is 2. The van der Waals surface area contributed by atoms with Gasteiger partial charge in [-0.1, -0.05) is 12.8 Å². The van der Waals surface area contributed by atoms with E-state index < -0.39 is 0 Å². The first-order valence-electron chi connectivity index (χ1n) is 9.30. The van der Waals surface area contributed by atoms with Gasteiger partial charge in [-0.3, -0.25) is 14.0 Å². The summed E-state index contributed by atoms with van der Waals surface area (Å²) in [5.41, 5.74) is 1.15. The van der Waals surface area contributed by atoms with Gasteiger partial charge in [-0.05, 0) is 18.9 Å². The van der Waals surface area contributed by atoms with Crippen molar-refractivity contribution in [3.8, 4) is 6.07 Å². The smallest absolute Gasteiger partial charge is 0.270 e. The maximum absolute atomic E-state index is 12.8. The third-order valence-electron chi connectivity index (χ3n) is 5.00. The highest BCUT2D eigenvalue weighted by Crippen LogP contribution is 2.30. The molecule has 0 radical (unpaired) electrons. The molecule has 0 amide bonds. The van der Waals surface area contributed by atoms with Crippen LogP contribution in [0.4, 0.5) is 11.6 Å². The number of nitriles is 1. The molecule has 3 aromatic rings. The third kappa shape index (κ3) is 3.46. The number of hydrogen-bond acceptors (Lipinski definition) is 7. The Bertz CT molecular complexity index is 1090. The maximum atomic E-state index is 12.8. The lowest BCUT2D eigenvalue weighted by molar-refractivity contribution is 0.183. The van der Waals surface area contributed by atoms with Crippen molar-refractivity contribution in [3.05, 3.63) is 40.6 Å². The fraction of sp³-hybridized carbons (Fsp3) is 0.421. The van der Waals surface area contributed by atoms with Crippen LogP contribution in [0.3, 0.4) is 0 Å². The Labute approximate surface area is 161 Å². The number of fused-ring (bicyclic) bond motifs is 1. The normalized spacial score (nSPS) is 14.4. The SMILES string of the molecule is COCCn1cc(Nc2ncc3cc(C#N)c(=O)n(C4CCCC4)c3n2)cn1. The Morgan fingerprint density at radius 1 is 1.36 bits per heavy atom. The monoisotopic (exact) mass is 379 g/mol. The fourth-order valence-corrected chi connectivity index (χ4v) is 3.63. The van der Waals surface area contributed by atoms with Crippen molar-refractivity contribution >= 4 is 22.7 Å². The average Bonchev–Trinajstić information content (AvgIpc) is 3.38. The molecular weight excluding hydrogens is 358 g/mol. The molecule has 144 valence electrons. The summed E-state index contributed by atoms with van der Waals surface area (Å²) in [6, 6.07) is 3.64. The molecule has 3 aromatic heterocycles. The van der Waals surface area contributed by atoms with Crippen LogP contribution in [-0.4, -0.2) is 38.0 Å². The molecule has 0 atom stereocenters. The highest BCUT2D eigenvalue weighted by molar-refractivity contribution is 5.77. The minimum absolute atomic E-state index is 0.0721. The largest absolute Gasteiger partial charge is 0.383 e. The molecule has 9 heteroatoms. The van der Waals surface area contributed by atoms with Gasteiger partial charge in [0.15, 0.2) is 0 Å². The van der Waals surface area contributed by atoms with Crippen molar-refractivity contribution in [3.63, 3.8) is 0 Å². The lowest BCUT2D eigenvalue weighted by atomic mass is 10.2. The fourth-order valence-electron chi connectivity index (χ4n) is 3.63. The van der Waals surface area contributed by atoms with Gasteiger partial charge in [-0.25, -0.2) is 4.98 Å².